The summed E-state index contributed by atoms with van der Waals surface area (Å²) >= 11 is 0. The number of carbonyl (C=O) groups excluding carboxylic acids is 2. The molecule has 0 saturated carbocycles. The Morgan fingerprint density at radius 2 is 1.33 bits per heavy atom. The smallest absolute Gasteiger partial charge is 0.193 e. The van der Waals surface area contributed by atoms with Crippen LogP contribution < -0.4 is 0 Å². The molecule has 24 heavy (non-hydrogen) atoms. The number of ketones is 2. The van der Waals surface area contributed by atoms with Crippen molar-refractivity contribution in [1.29, 1.82) is 0 Å². The summed E-state index contributed by atoms with van der Waals surface area (Å²) in [6, 6.07) is 24.0. The standard InChI is InChI=1S/C22H18O2/c1-16-12-13-20(22(24)18-10-6-3-7-11-18)19(14-16)15-21(23)17-8-4-2-5-9-17/h2-14H,15H2,1H3. The molecule has 118 valence electrons. The van der Waals surface area contributed by atoms with Crippen LogP contribution in [0.4, 0.5) is 0 Å². The minimum Gasteiger partial charge on any atom is -0.294 e. The van der Waals surface area contributed by atoms with Crippen molar-refractivity contribution in [2.24, 2.45) is 0 Å². The molecule has 0 heterocycles. The number of hydrogen-bond acceptors (Lipinski definition) is 2. The molecule has 0 spiro atoms. The number of benzene rings is 3. The predicted octanol–water partition coefficient (Wildman–Crippen LogP) is 4.65. The molecule has 0 aliphatic rings. The van der Waals surface area contributed by atoms with E-state index in [0.717, 1.165) is 11.1 Å². The average molecular weight is 314 g/mol. The van der Waals surface area contributed by atoms with Gasteiger partial charge in [0.15, 0.2) is 11.6 Å². The average Bonchev–Trinajstić information content (AvgIpc) is 2.63. The van der Waals surface area contributed by atoms with Crippen molar-refractivity contribution in [3.05, 3.63) is 107 Å². The fraction of sp³-hybridized carbons (Fsp3) is 0.0909. The van der Waals surface area contributed by atoms with Crippen LogP contribution in [0.2, 0.25) is 0 Å². The number of carbonyl (C=O) groups is 2. The molecule has 0 radical (unpaired) electrons. The molecule has 0 amide bonds. The summed E-state index contributed by atoms with van der Waals surface area (Å²) < 4.78 is 0. The zero-order chi connectivity index (χ0) is 16.9. The first-order valence-electron chi connectivity index (χ1n) is 7.92. The second-order valence-corrected chi connectivity index (χ2v) is 5.82. The maximum Gasteiger partial charge on any atom is 0.193 e. The molecule has 0 fully saturated rings. The molecular weight excluding hydrogens is 296 g/mol. The highest BCUT2D eigenvalue weighted by molar-refractivity contribution is 6.11. The van der Waals surface area contributed by atoms with Crippen molar-refractivity contribution in [2.45, 2.75) is 13.3 Å². The van der Waals surface area contributed by atoms with Gasteiger partial charge in [-0.05, 0) is 12.5 Å². The van der Waals surface area contributed by atoms with E-state index < -0.39 is 0 Å². The quantitative estimate of drug-likeness (QED) is 0.642. The zero-order valence-corrected chi connectivity index (χ0v) is 13.5. The van der Waals surface area contributed by atoms with Crippen LogP contribution in [0.15, 0.2) is 78.9 Å². The largest absolute Gasteiger partial charge is 0.294 e. The van der Waals surface area contributed by atoms with E-state index in [0.29, 0.717) is 16.7 Å². The van der Waals surface area contributed by atoms with Gasteiger partial charge < -0.3 is 0 Å². The van der Waals surface area contributed by atoms with Crippen LogP contribution in [-0.4, -0.2) is 11.6 Å². The summed E-state index contributed by atoms with van der Waals surface area (Å²) in [5.41, 5.74) is 3.70. The van der Waals surface area contributed by atoms with Crippen molar-refractivity contribution in [3.8, 4) is 0 Å². The molecule has 0 N–H and O–H groups in total. The SMILES string of the molecule is Cc1ccc(C(=O)c2ccccc2)c(CC(=O)c2ccccc2)c1. The maximum absolute atomic E-state index is 12.8. The highest BCUT2D eigenvalue weighted by Crippen LogP contribution is 2.19. The number of aryl methyl sites for hydroxylation is 1. The van der Waals surface area contributed by atoms with Gasteiger partial charge in [-0.25, -0.2) is 0 Å². The summed E-state index contributed by atoms with van der Waals surface area (Å²) in [6.45, 7) is 1.97. The number of hydrogen-bond donors (Lipinski definition) is 0. The molecule has 3 rings (SSSR count). The molecular formula is C22H18O2. The molecule has 2 nitrogen and oxygen atoms in total. The van der Waals surface area contributed by atoms with Gasteiger partial charge in [-0.3, -0.25) is 9.59 Å². The second kappa shape index (κ2) is 7.05. The Morgan fingerprint density at radius 1 is 0.750 bits per heavy atom. The fourth-order valence-electron chi connectivity index (χ4n) is 2.73. The van der Waals surface area contributed by atoms with E-state index in [1.807, 2.05) is 61.5 Å². The first kappa shape index (κ1) is 15.9. The van der Waals surface area contributed by atoms with Crippen LogP contribution in [0.3, 0.4) is 0 Å². The molecule has 0 aromatic heterocycles. The molecule has 0 atom stereocenters. The normalized spacial score (nSPS) is 10.4. The molecule has 3 aromatic rings. The minimum absolute atomic E-state index is 0.0170. The Labute approximate surface area is 141 Å². The van der Waals surface area contributed by atoms with Gasteiger partial charge in [-0.1, -0.05) is 84.4 Å². The molecule has 2 heteroatoms. The number of Topliss-reactive ketones (excluding diaryl/α,β-unsaturated/α-hetero) is 1. The molecule has 0 bridgehead atoms. The predicted molar refractivity (Wildman–Crippen MR) is 95.5 cm³/mol. The van der Waals surface area contributed by atoms with E-state index >= 15 is 0 Å². The summed E-state index contributed by atoms with van der Waals surface area (Å²) in [5, 5.41) is 0. The van der Waals surface area contributed by atoms with Gasteiger partial charge in [0.25, 0.3) is 0 Å². The van der Waals surface area contributed by atoms with Gasteiger partial charge >= 0.3 is 0 Å². The van der Waals surface area contributed by atoms with E-state index in [2.05, 4.69) is 0 Å². The molecule has 0 aliphatic carbocycles. The van der Waals surface area contributed by atoms with Crippen molar-refractivity contribution in [3.63, 3.8) is 0 Å². The summed E-state index contributed by atoms with van der Waals surface area (Å²) in [7, 11) is 0. The molecule has 0 saturated heterocycles. The lowest BCUT2D eigenvalue weighted by Gasteiger charge is -2.10. The second-order valence-electron chi connectivity index (χ2n) is 5.82. The van der Waals surface area contributed by atoms with Crippen LogP contribution in [0.1, 0.15) is 37.4 Å². The van der Waals surface area contributed by atoms with Crippen LogP contribution in [0.25, 0.3) is 0 Å². The zero-order valence-electron chi connectivity index (χ0n) is 13.5. The van der Waals surface area contributed by atoms with Crippen molar-refractivity contribution < 1.29 is 9.59 Å². The topological polar surface area (TPSA) is 34.1 Å². The highest BCUT2D eigenvalue weighted by atomic mass is 16.1. The van der Waals surface area contributed by atoms with Crippen molar-refractivity contribution in [2.75, 3.05) is 0 Å². The Kier molecular flexibility index (Phi) is 4.66. The summed E-state index contributed by atoms with van der Waals surface area (Å²) in [6.07, 6.45) is 0.222. The lowest BCUT2D eigenvalue weighted by Crippen LogP contribution is -2.10. The summed E-state index contributed by atoms with van der Waals surface area (Å²) in [5.74, 6) is -0.0326. The third-order valence-corrected chi connectivity index (χ3v) is 3.99. The Morgan fingerprint density at radius 3 is 1.96 bits per heavy atom. The third-order valence-electron chi connectivity index (χ3n) is 3.99. The van der Waals surface area contributed by atoms with Crippen LogP contribution in [0, 0.1) is 6.92 Å². The Hall–Kier alpha value is -3.00. The van der Waals surface area contributed by atoms with Gasteiger partial charge in [-0.15, -0.1) is 0 Å². The lowest BCUT2D eigenvalue weighted by atomic mass is 9.92. The molecule has 3 aromatic carbocycles. The number of rotatable bonds is 5. The first-order chi connectivity index (χ1) is 11.6. The van der Waals surface area contributed by atoms with E-state index in [9.17, 15) is 9.59 Å². The van der Waals surface area contributed by atoms with Crippen molar-refractivity contribution in [1.82, 2.24) is 0 Å². The first-order valence-corrected chi connectivity index (χ1v) is 7.92. The summed E-state index contributed by atoms with van der Waals surface area (Å²) in [4.78, 5) is 25.3. The Balaban J connectivity index is 1.95. The molecule has 0 aliphatic heterocycles. The van der Waals surface area contributed by atoms with E-state index in [1.54, 1.807) is 24.3 Å². The van der Waals surface area contributed by atoms with Gasteiger partial charge in [0.2, 0.25) is 0 Å². The van der Waals surface area contributed by atoms with E-state index in [-0.39, 0.29) is 18.0 Å². The fourth-order valence-corrected chi connectivity index (χ4v) is 2.73. The lowest BCUT2D eigenvalue weighted by molar-refractivity contribution is 0.0992. The van der Waals surface area contributed by atoms with Gasteiger partial charge in [0.05, 0.1) is 0 Å². The van der Waals surface area contributed by atoms with Crippen LogP contribution >= 0.6 is 0 Å². The maximum atomic E-state index is 12.8. The highest BCUT2D eigenvalue weighted by Gasteiger charge is 2.16. The van der Waals surface area contributed by atoms with Gasteiger partial charge in [0.1, 0.15) is 0 Å². The van der Waals surface area contributed by atoms with E-state index in [1.165, 1.54) is 0 Å². The van der Waals surface area contributed by atoms with Crippen molar-refractivity contribution >= 4 is 11.6 Å². The monoisotopic (exact) mass is 314 g/mol. The Bertz CT molecular complexity index is 865. The van der Waals surface area contributed by atoms with Crippen LogP contribution in [0.5, 0.6) is 0 Å². The van der Waals surface area contributed by atoms with Gasteiger partial charge in [-0.2, -0.15) is 0 Å². The van der Waals surface area contributed by atoms with Crippen LogP contribution in [-0.2, 0) is 6.42 Å². The third kappa shape index (κ3) is 3.49. The minimum atomic E-state index is -0.0496. The van der Waals surface area contributed by atoms with Gasteiger partial charge in [0, 0.05) is 23.1 Å². The molecule has 0 unspecified atom stereocenters. The van der Waals surface area contributed by atoms with E-state index in [4.69, 9.17) is 0 Å².